The Bertz CT molecular complexity index is 1130. The highest BCUT2D eigenvalue weighted by molar-refractivity contribution is 6.05. The summed E-state index contributed by atoms with van der Waals surface area (Å²) in [5.41, 5.74) is 1.98. The fraction of sp³-hybridized carbons (Fsp3) is 0.360. The van der Waals surface area contributed by atoms with Crippen LogP contribution in [0.25, 0.3) is 22.3 Å². The molecule has 4 rings (SSSR count). The van der Waals surface area contributed by atoms with Crippen LogP contribution in [0.1, 0.15) is 29.3 Å². The maximum atomic E-state index is 13.4. The lowest BCUT2D eigenvalue weighted by Gasteiger charge is -2.38. The third-order valence-corrected chi connectivity index (χ3v) is 6.21. The molecule has 1 aliphatic heterocycles. The summed E-state index contributed by atoms with van der Waals surface area (Å²) in [6, 6.07) is 14.8. The first-order valence-corrected chi connectivity index (χ1v) is 10.8. The number of amides is 1. The average Bonchev–Trinajstić information content (AvgIpc) is 2.82. The largest absolute Gasteiger partial charge is 0.455 e. The first-order valence-electron chi connectivity index (χ1n) is 10.8. The van der Waals surface area contributed by atoms with Gasteiger partial charge in [0.15, 0.2) is 11.0 Å². The second-order valence-corrected chi connectivity index (χ2v) is 8.01. The number of benzene rings is 2. The van der Waals surface area contributed by atoms with Crippen molar-refractivity contribution >= 4 is 16.9 Å². The highest BCUT2D eigenvalue weighted by Gasteiger charge is 2.27. The van der Waals surface area contributed by atoms with Crippen molar-refractivity contribution in [3.05, 3.63) is 69.9 Å². The fourth-order valence-corrected chi connectivity index (χ4v) is 4.31. The lowest BCUT2D eigenvalue weighted by Crippen LogP contribution is -2.52. The van der Waals surface area contributed by atoms with Crippen molar-refractivity contribution in [2.45, 2.75) is 26.3 Å². The number of para-hydroxylation sites is 1. The van der Waals surface area contributed by atoms with E-state index in [4.69, 9.17) is 4.42 Å². The Hall–Kier alpha value is -2.96. The zero-order valence-electron chi connectivity index (χ0n) is 18.0. The van der Waals surface area contributed by atoms with Gasteiger partial charge in [-0.25, -0.2) is 0 Å². The summed E-state index contributed by atoms with van der Waals surface area (Å²) in [6.45, 7) is 6.53. The molecule has 0 spiro atoms. The lowest BCUT2D eigenvalue weighted by molar-refractivity contribution is 0.0473. The third kappa shape index (κ3) is 4.01. The van der Waals surface area contributed by atoms with E-state index < -0.39 is 0 Å². The van der Waals surface area contributed by atoms with Crippen molar-refractivity contribution in [1.29, 1.82) is 0 Å². The SMILES string of the molecule is CC[C@H](CO)N1CCN(C(=O)c2cccc3c(=O)c(C)c(-c4ccccc4)oc23)CC1. The van der Waals surface area contributed by atoms with Gasteiger partial charge in [-0.05, 0) is 25.5 Å². The van der Waals surface area contributed by atoms with Crippen molar-refractivity contribution in [2.24, 2.45) is 0 Å². The van der Waals surface area contributed by atoms with Gasteiger partial charge in [0.2, 0.25) is 0 Å². The van der Waals surface area contributed by atoms with Gasteiger partial charge >= 0.3 is 0 Å². The zero-order valence-corrected chi connectivity index (χ0v) is 18.0. The molecule has 3 aromatic rings. The number of carbonyl (C=O) groups excluding carboxylic acids is 1. The van der Waals surface area contributed by atoms with E-state index in [0.717, 1.165) is 12.0 Å². The molecular weight excluding hydrogens is 392 g/mol. The molecule has 1 aromatic heterocycles. The van der Waals surface area contributed by atoms with Crippen molar-refractivity contribution in [3.63, 3.8) is 0 Å². The minimum absolute atomic E-state index is 0.117. The summed E-state index contributed by atoms with van der Waals surface area (Å²) < 4.78 is 6.21. The van der Waals surface area contributed by atoms with Crippen LogP contribution in [0.15, 0.2) is 57.7 Å². The quantitative estimate of drug-likeness (QED) is 0.686. The second kappa shape index (κ2) is 9.04. The van der Waals surface area contributed by atoms with Crippen LogP contribution in [0.5, 0.6) is 0 Å². The third-order valence-electron chi connectivity index (χ3n) is 6.21. The van der Waals surface area contributed by atoms with Crippen LogP contribution in [0, 0.1) is 6.92 Å². The number of nitrogens with zero attached hydrogens (tertiary/aromatic N) is 2. The molecule has 0 aliphatic carbocycles. The highest BCUT2D eigenvalue weighted by atomic mass is 16.3. The molecule has 1 aliphatic rings. The molecule has 1 amide bonds. The number of aliphatic hydroxyl groups is 1. The van der Waals surface area contributed by atoms with Crippen LogP contribution >= 0.6 is 0 Å². The average molecular weight is 421 g/mol. The smallest absolute Gasteiger partial charge is 0.257 e. The molecule has 1 N–H and O–H groups in total. The van der Waals surface area contributed by atoms with E-state index in [1.54, 1.807) is 30.0 Å². The Morgan fingerprint density at radius 3 is 2.42 bits per heavy atom. The fourth-order valence-electron chi connectivity index (χ4n) is 4.31. The Kier molecular flexibility index (Phi) is 6.20. The number of aliphatic hydroxyl groups excluding tert-OH is 1. The molecule has 0 bridgehead atoms. The van der Waals surface area contributed by atoms with Crippen LogP contribution in [0.4, 0.5) is 0 Å². The zero-order chi connectivity index (χ0) is 22.0. The molecular formula is C25H28N2O4. The van der Waals surface area contributed by atoms with Gasteiger partial charge in [0, 0.05) is 43.3 Å². The number of hydrogen-bond acceptors (Lipinski definition) is 5. The molecule has 2 heterocycles. The number of hydrogen-bond donors (Lipinski definition) is 1. The highest BCUT2D eigenvalue weighted by Crippen LogP contribution is 2.28. The van der Waals surface area contributed by atoms with Gasteiger partial charge < -0.3 is 14.4 Å². The van der Waals surface area contributed by atoms with E-state index in [1.807, 2.05) is 30.3 Å². The molecule has 0 saturated carbocycles. The molecule has 31 heavy (non-hydrogen) atoms. The Morgan fingerprint density at radius 2 is 1.77 bits per heavy atom. The Balaban J connectivity index is 1.69. The van der Waals surface area contributed by atoms with Gasteiger partial charge in [0.1, 0.15) is 5.76 Å². The maximum Gasteiger partial charge on any atom is 0.257 e. The van der Waals surface area contributed by atoms with Crippen LogP contribution in [-0.2, 0) is 0 Å². The maximum absolute atomic E-state index is 13.4. The number of rotatable bonds is 5. The van der Waals surface area contributed by atoms with E-state index in [9.17, 15) is 14.7 Å². The van der Waals surface area contributed by atoms with Gasteiger partial charge in [-0.15, -0.1) is 0 Å². The lowest BCUT2D eigenvalue weighted by atomic mass is 10.0. The molecule has 0 unspecified atom stereocenters. The van der Waals surface area contributed by atoms with Crippen molar-refractivity contribution in [1.82, 2.24) is 9.80 Å². The monoisotopic (exact) mass is 420 g/mol. The molecule has 2 aromatic carbocycles. The van der Waals surface area contributed by atoms with Gasteiger partial charge in [-0.1, -0.05) is 43.3 Å². The molecule has 1 fully saturated rings. The van der Waals surface area contributed by atoms with Gasteiger partial charge in [0.05, 0.1) is 17.6 Å². The topological polar surface area (TPSA) is 74.0 Å². The molecule has 1 saturated heterocycles. The Labute approximate surface area is 181 Å². The molecule has 6 heteroatoms. The summed E-state index contributed by atoms with van der Waals surface area (Å²) in [6.07, 6.45) is 0.876. The van der Waals surface area contributed by atoms with E-state index >= 15 is 0 Å². The number of carbonyl (C=O) groups is 1. The standard InChI is InChI=1S/C25H28N2O4/c1-3-19(16-28)26-12-14-27(15-13-26)25(30)21-11-7-10-20-22(29)17(2)23(31-24(20)21)18-8-5-4-6-9-18/h4-11,19,28H,3,12-16H2,1-2H3/t19-/m1/s1. The molecule has 6 nitrogen and oxygen atoms in total. The van der Waals surface area contributed by atoms with E-state index in [1.165, 1.54) is 0 Å². The first kappa shape index (κ1) is 21.3. The molecule has 162 valence electrons. The van der Waals surface area contributed by atoms with Crippen LogP contribution < -0.4 is 5.43 Å². The van der Waals surface area contributed by atoms with Crippen LogP contribution in [-0.4, -0.2) is 59.6 Å². The van der Waals surface area contributed by atoms with Gasteiger partial charge in [0.25, 0.3) is 5.91 Å². The minimum atomic E-state index is -0.131. The molecule has 0 radical (unpaired) electrons. The van der Waals surface area contributed by atoms with Crippen molar-refractivity contribution in [3.8, 4) is 11.3 Å². The van der Waals surface area contributed by atoms with Gasteiger partial charge in [-0.2, -0.15) is 0 Å². The number of fused-ring (bicyclic) bond motifs is 1. The summed E-state index contributed by atoms with van der Waals surface area (Å²) in [5.74, 6) is 0.366. The van der Waals surface area contributed by atoms with Crippen LogP contribution in [0.3, 0.4) is 0 Å². The first-order chi connectivity index (χ1) is 15.0. The number of piperazine rings is 1. The van der Waals surface area contributed by atoms with Crippen molar-refractivity contribution < 1.29 is 14.3 Å². The predicted octanol–water partition coefficient (Wildman–Crippen LogP) is 3.30. The van der Waals surface area contributed by atoms with E-state index in [0.29, 0.717) is 54.0 Å². The molecule has 1 atom stereocenters. The normalized spacial score (nSPS) is 15.9. The summed E-state index contributed by atoms with van der Waals surface area (Å²) in [7, 11) is 0. The minimum Gasteiger partial charge on any atom is -0.455 e. The van der Waals surface area contributed by atoms with Crippen molar-refractivity contribution in [2.75, 3.05) is 32.8 Å². The van der Waals surface area contributed by atoms with E-state index in [2.05, 4.69) is 11.8 Å². The summed E-state index contributed by atoms with van der Waals surface area (Å²) in [4.78, 5) is 30.4. The second-order valence-electron chi connectivity index (χ2n) is 8.01. The van der Waals surface area contributed by atoms with Gasteiger partial charge in [-0.3, -0.25) is 14.5 Å². The summed E-state index contributed by atoms with van der Waals surface area (Å²) >= 11 is 0. The predicted molar refractivity (Wildman–Crippen MR) is 121 cm³/mol. The Morgan fingerprint density at radius 1 is 1.06 bits per heavy atom. The van der Waals surface area contributed by atoms with E-state index in [-0.39, 0.29) is 24.0 Å². The van der Waals surface area contributed by atoms with Crippen LogP contribution in [0.2, 0.25) is 0 Å². The summed E-state index contributed by atoms with van der Waals surface area (Å²) in [5, 5.41) is 9.98.